The minimum atomic E-state index is -4.90. The molecule has 0 saturated heterocycles. The molecule has 1 aromatic carbocycles. The Morgan fingerprint density at radius 1 is 1.41 bits per heavy atom. The van der Waals surface area contributed by atoms with E-state index in [1.807, 2.05) is 0 Å². The second kappa shape index (κ2) is 7.12. The Balaban J connectivity index is 3.01. The van der Waals surface area contributed by atoms with Gasteiger partial charge in [-0.2, -0.15) is 8.78 Å². The summed E-state index contributed by atoms with van der Waals surface area (Å²) in [6, 6.07) is 4.65. The highest BCUT2D eigenvalue weighted by Crippen LogP contribution is 2.22. The van der Waals surface area contributed by atoms with Crippen molar-refractivity contribution in [1.82, 2.24) is 5.32 Å². The maximum atomic E-state index is 12.6. The number of benzene rings is 1. The summed E-state index contributed by atoms with van der Waals surface area (Å²) in [6.45, 7) is 1.10. The van der Waals surface area contributed by atoms with Crippen LogP contribution in [0.15, 0.2) is 29.2 Å². The minimum Gasteiger partial charge on any atom is -0.386 e. The highest BCUT2D eigenvalue weighted by atomic mass is 32.2. The molecule has 0 spiro atoms. The number of hydrogen-bond donors (Lipinski definition) is 2. The lowest BCUT2D eigenvalue weighted by Crippen LogP contribution is -2.44. The molecule has 124 valence electrons. The number of aliphatic hydroxyl groups is 1. The van der Waals surface area contributed by atoms with Crippen LogP contribution < -0.4 is 5.32 Å². The zero-order valence-electron chi connectivity index (χ0n) is 12.0. The Morgan fingerprint density at radius 2 is 2.00 bits per heavy atom. The van der Waals surface area contributed by atoms with Gasteiger partial charge in [-0.15, -0.1) is 0 Å². The fraction of sp³-hybridized carbons (Fsp3) is 0.462. The number of sulfone groups is 1. The first-order chi connectivity index (χ1) is 10.1. The van der Waals surface area contributed by atoms with Crippen molar-refractivity contribution in [2.24, 2.45) is 0 Å². The van der Waals surface area contributed by atoms with Gasteiger partial charge in [0.1, 0.15) is 5.60 Å². The normalized spacial score (nSPS) is 14.6. The monoisotopic (exact) mass is 337 g/mol. The average molecular weight is 337 g/mol. The molecule has 1 amide bonds. The summed E-state index contributed by atoms with van der Waals surface area (Å²) in [4.78, 5) is 11.3. The van der Waals surface area contributed by atoms with E-state index < -0.39 is 37.6 Å². The van der Waals surface area contributed by atoms with E-state index in [2.05, 4.69) is 5.32 Å². The van der Waals surface area contributed by atoms with E-state index in [1.54, 1.807) is 0 Å². The number of methoxy groups -OCH3 is 1. The van der Waals surface area contributed by atoms with Gasteiger partial charge in [0, 0.05) is 13.7 Å². The van der Waals surface area contributed by atoms with Gasteiger partial charge >= 0.3 is 5.76 Å². The standard InChI is InChI=1S/C13H17F2NO5S/c1-13(18,8-21-2)7-16-11(17)9-5-3-4-6-10(9)22(19,20)12(14)15/h3-6,12,18H,7-8H2,1-2H3,(H,16,17)/t13-/m0/s1. The average Bonchev–Trinajstić information content (AvgIpc) is 2.44. The van der Waals surface area contributed by atoms with Crippen molar-refractivity contribution in [3.63, 3.8) is 0 Å². The lowest BCUT2D eigenvalue weighted by molar-refractivity contribution is -0.0147. The number of nitrogens with one attached hydrogen (secondary N) is 1. The van der Waals surface area contributed by atoms with Crippen molar-refractivity contribution in [3.8, 4) is 0 Å². The van der Waals surface area contributed by atoms with E-state index in [-0.39, 0.29) is 13.2 Å². The molecule has 9 heteroatoms. The van der Waals surface area contributed by atoms with E-state index in [4.69, 9.17) is 4.74 Å². The van der Waals surface area contributed by atoms with Crippen LogP contribution >= 0.6 is 0 Å². The van der Waals surface area contributed by atoms with Crippen LogP contribution in [0.5, 0.6) is 0 Å². The van der Waals surface area contributed by atoms with Crippen molar-refractivity contribution < 1.29 is 31.8 Å². The number of halogens is 2. The first-order valence-corrected chi connectivity index (χ1v) is 7.77. The van der Waals surface area contributed by atoms with E-state index in [0.29, 0.717) is 0 Å². The smallest absolute Gasteiger partial charge is 0.341 e. The van der Waals surface area contributed by atoms with E-state index >= 15 is 0 Å². The lowest BCUT2D eigenvalue weighted by Gasteiger charge is -2.22. The van der Waals surface area contributed by atoms with Gasteiger partial charge in [0.15, 0.2) is 0 Å². The molecule has 2 N–H and O–H groups in total. The molecular formula is C13H17F2NO5S. The number of amides is 1. The highest BCUT2D eigenvalue weighted by molar-refractivity contribution is 7.91. The van der Waals surface area contributed by atoms with Crippen molar-refractivity contribution in [2.75, 3.05) is 20.3 Å². The Kier molecular flexibility index (Phi) is 5.98. The molecule has 1 atom stereocenters. The second-order valence-corrected chi connectivity index (χ2v) is 6.80. The summed E-state index contributed by atoms with van der Waals surface area (Å²) >= 11 is 0. The zero-order valence-corrected chi connectivity index (χ0v) is 12.9. The Labute approximate surface area is 127 Å². The maximum Gasteiger partial charge on any atom is 0.341 e. The van der Waals surface area contributed by atoms with Crippen LogP contribution in [-0.2, 0) is 14.6 Å². The fourth-order valence-electron chi connectivity index (χ4n) is 1.73. The molecule has 1 aromatic rings. The van der Waals surface area contributed by atoms with Crippen LogP contribution in [0.4, 0.5) is 8.78 Å². The maximum absolute atomic E-state index is 12.6. The van der Waals surface area contributed by atoms with E-state index in [0.717, 1.165) is 12.1 Å². The van der Waals surface area contributed by atoms with Crippen molar-refractivity contribution in [1.29, 1.82) is 0 Å². The third kappa shape index (κ3) is 4.46. The van der Waals surface area contributed by atoms with Gasteiger partial charge in [-0.1, -0.05) is 12.1 Å². The number of alkyl halides is 2. The summed E-state index contributed by atoms with van der Waals surface area (Å²) in [5.74, 6) is -4.51. The Bertz CT molecular complexity index is 631. The Hall–Kier alpha value is -1.58. The van der Waals surface area contributed by atoms with Crippen molar-refractivity contribution >= 4 is 15.7 Å². The van der Waals surface area contributed by atoms with Crippen LogP contribution in [0.2, 0.25) is 0 Å². The van der Waals surface area contributed by atoms with Crippen LogP contribution in [0.25, 0.3) is 0 Å². The summed E-state index contributed by atoms with van der Waals surface area (Å²) in [5, 5.41) is 12.1. The second-order valence-electron chi connectivity index (χ2n) is 4.91. The van der Waals surface area contributed by atoms with Gasteiger partial charge in [-0.05, 0) is 19.1 Å². The number of hydrogen-bond acceptors (Lipinski definition) is 5. The van der Waals surface area contributed by atoms with E-state index in [1.165, 1.54) is 26.2 Å². The molecule has 0 aromatic heterocycles. The van der Waals surface area contributed by atoms with Gasteiger partial charge in [0.05, 0.1) is 17.1 Å². The topological polar surface area (TPSA) is 92.7 Å². The van der Waals surface area contributed by atoms with Crippen LogP contribution in [0.3, 0.4) is 0 Å². The molecule has 0 heterocycles. The number of carbonyl (C=O) groups is 1. The van der Waals surface area contributed by atoms with Gasteiger partial charge in [-0.25, -0.2) is 8.42 Å². The Morgan fingerprint density at radius 3 is 2.55 bits per heavy atom. The molecule has 0 aliphatic rings. The molecule has 0 radical (unpaired) electrons. The van der Waals surface area contributed by atoms with Gasteiger partial charge in [0.25, 0.3) is 5.91 Å². The molecule has 0 unspecified atom stereocenters. The summed E-state index contributed by atoms with van der Waals surface area (Å²) in [7, 11) is -3.54. The quantitative estimate of drug-likeness (QED) is 0.768. The zero-order chi connectivity index (χ0) is 17.0. The van der Waals surface area contributed by atoms with E-state index in [9.17, 15) is 27.1 Å². The number of ether oxygens (including phenoxy) is 1. The SMILES string of the molecule is COC[C@@](C)(O)CNC(=O)c1ccccc1S(=O)(=O)C(F)F. The summed E-state index contributed by atoms with van der Waals surface area (Å²) in [6.07, 6.45) is 0. The minimum absolute atomic E-state index is 0.0652. The third-order valence-corrected chi connectivity index (χ3v) is 4.20. The molecule has 0 aliphatic carbocycles. The molecule has 22 heavy (non-hydrogen) atoms. The first-order valence-electron chi connectivity index (χ1n) is 6.22. The predicted octanol–water partition coefficient (Wildman–Crippen LogP) is 0.810. The lowest BCUT2D eigenvalue weighted by atomic mass is 10.1. The third-order valence-electron chi connectivity index (χ3n) is 2.76. The summed E-state index contributed by atoms with van der Waals surface area (Å²) in [5.41, 5.74) is -1.78. The van der Waals surface area contributed by atoms with Crippen LogP contribution in [0.1, 0.15) is 17.3 Å². The number of carbonyl (C=O) groups excluding carboxylic acids is 1. The largest absolute Gasteiger partial charge is 0.386 e. The van der Waals surface area contributed by atoms with Gasteiger partial charge in [0.2, 0.25) is 9.84 Å². The van der Waals surface area contributed by atoms with Gasteiger partial charge < -0.3 is 15.2 Å². The van der Waals surface area contributed by atoms with Crippen LogP contribution in [0, 0.1) is 0 Å². The fourth-order valence-corrected chi connectivity index (χ4v) is 2.65. The first kappa shape index (κ1) is 18.5. The van der Waals surface area contributed by atoms with Crippen molar-refractivity contribution in [2.45, 2.75) is 23.2 Å². The molecule has 0 aliphatic heterocycles. The van der Waals surface area contributed by atoms with Crippen molar-refractivity contribution in [3.05, 3.63) is 29.8 Å². The molecular weight excluding hydrogens is 320 g/mol. The molecule has 6 nitrogen and oxygen atoms in total. The summed E-state index contributed by atoms with van der Waals surface area (Å²) < 4.78 is 53.2. The number of rotatable bonds is 7. The molecule has 1 rings (SSSR count). The molecule has 0 bridgehead atoms. The highest BCUT2D eigenvalue weighted by Gasteiger charge is 2.31. The molecule has 0 fully saturated rings. The van der Waals surface area contributed by atoms with Gasteiger partial charge in [-0.3, -0.25) is 4.79 Å². The molecule has 0 saturated carbocycles. The predicted molar refractivity (Wildman–Crippen MR) is 74.5 cm³/mol. The van der Waals surface area contributed by atoms with Crippen LogP contribution in [-0.4, -0.2) is 51.1 Å².